The predicted molar refractivity (Wildman–Crippen MR) is 98.0 cm³/mol. The van der Waals surface area contributed by atoms with Gasteiger partial charge in [0, 0.05) is 6.54 Å². The average Bonchev–Trinajstić information content (AvgIpc) is 2.72. The van der Waals surface area contributed by atoms with Crippen LogP contribution in [0.15, 0.2) is 42.5 Å². The van der Waals surface area contributed by atoms with Crippen molar-refractivity contribution in [3.05, 3.63) is 53.6 Å². The van der Waals surface area contributed by atoms with Crippen molar-refractivity contribution in [2.24, 2.45) is 5.92 Å². The van der Waals surface area contributed by atoms with E-state index in [0.29, 0.717) is 23.7 Å². The van der Waals surface area contributed by atoms with Crippen LogP contribution in [0, 0.1) is 19.8 Å². The van der Waals surface area contributed by atoms with Gasteiger partial charge in [-0.1, -0.05) is 25.1 Å². The van der Waals surface area contributed by atoms with Crippen molar-refractivity contribution in [3.63, 3.8) is 0 Å². The summed E-state index contributed by atoms with van der Waals surface area (Å²) in [6, 6.07) is 13.1. The van der Waals surface area contributed by atoms with Crippen molar-refractivity contribution in [2.75, 3.05) is 23.4 Å². The molecular formula is C20H22N2O3. The SMILES string of the molecule is Cc1ccc(OCC(=O)N2CC(C)C(=O)Nc3ccccc32)cc1C. The van der Waals surface area contributed by atoms with E-state index in [2.05, 4.69) is 5.32 Å². The number of ether oxygens (including phenoxy) is 1. The smallest absolute Gasteiger partial charge is 0.264 e. The third-order valence-electron chi connectivity index (χ3n) is 4.50. The maximum absolute atomic E-state index is 12.8. The number of anilines is 2. The molecule has 1 aliphatic heterocycles. The Labute approximate surface area is 147 Å². The van der Waals surface area contributed by atoms with Crippen LogP contribution >= 0.6 is 0 Å². The molecule has 1 N–H and O–H groups in total. The number of benzene rings is 2. The first kappa shape index (κ1) is 17.0. The zero-order valence-corrected chi connectivity index (χ0v) is 14.7. The monoisotopic (exact) mass is 338 g/mol. The number of hydrogen-bond donors (Lipinski definition) is 1. The molecule has 0 fully saturated rings. The van der Waals surface area contributed by atoms with Crippen LogP contribution in [0.25, 0.3) is 0 Å². The second kappa shape index (κ2) is 6.97. The summed E-state index contributed by atoms with van der Waals surface area (Å²) in [5.74, 6) is 0.117. The van der Waals surface area contributed by atoms with E-state index in [4.69, 9.17) is 4.74 Å². The lowest BCUT2D eigenvalue weighted by atomic mass is 10.1. The van der Waals surface area contributed by atoms with E-state index in [1.165, 1.54) is 5.56 Å². The highest BCUT2D eigenvalue weighted by molar-refractivity contribution is 6.04. The van der Waals surface area contributed by atoms with Gasteiger partial charge in [0.1, 0.15) is 5.75 Å². The molecule has 0 radical (unpaired) electrons. The maximum Gasteiger partial charge on any atom is 0.264 e. The highest BCUT2D eigenvalue weighted by Crippen LogP contribution is 2.30. The zero-order valence-electron chi connectivity index (χ0n) is 14.7. The topological polar surface area (TPSA) is 58.6 Å². The Morgan fingerprint density at radius 3 is 2.72 bits per heavy atom. The molecule has 2 amide bonds. The van der Waals surface area contributed by atoms with Crippen LogP contribution in [0.3, 0.4) is 0 Å². The molecule has 0 aliphatic carbocycles. The molecule has 1 unspecified atom stereocenters. The number of nitrogens with one attached hydrogen (secondary N) is 1. The number of amides is 2. The molecule has 0 bridgehead atoms. The van der Waals surface area contributed by atoms with Crippen molar-refractivity contribution in [3.8, 4) is 5.75 Å². The fourth-order valence-corrected chi connectivity index (χ4v) is 2.79. The molecule has 1 heterocycles. The molecule has 2 aromatic rings. The van der Waals surface area contributed by atoms with Gasteiger partial charge in [0.25, 0.3) is 5.91 Å². The summed E-state index contributed by atoms with van der Waals surface area (Å²) >= 11 is 0. The van der Waals surface area contributed by atoms with Crippen molar-refractivity contribution in [2.45, 2.75) is 20.8 Å². The Bertz CT molecular complexity index is 816. The molecule has 5 nitrogen and oxygen atoms in total. The minimum atomic E-state index is -0.294. The van der Waals surface area contributed by atoms with Gasteiger partial charge in [0.05, 0.1) is 17.3 Å². The average molecular weight is 338 g/mol. The van der Waals surface area contributed by atoms with Crippen molar-refractivity contribution in [1.29, 1.82) is 0 Å². The molecule has 130 valence electrons. The van der Waals surface area contributed by atoms with Gasteiger partial charge in [-0.3, -0.25) is 9.59 Å². The number of aryl methyl sites for hydroxylation is 2. The molecule has 0 saturated carbocycles. The van der Waals surface area contributed by atoms with Gasteiger partial charge >= 0.3 is 0 Å². The van der Waals surface area contributed by atoms with Gasteiger partial charge in [-0.2, -0.15) is 0 Å². The van der Waals surface area contributed by atoms with Crippen LogP contribution in [-0.4, -0.2) is 25.0 Å². The lowest BCUT2D eigenvalue weighted by molar-refractivity contribution is -0.121. The van der Waals surface area contributed by atoms with Crippen molar-refractivity contribution >= 4 is 23.2 Å². The Morgan fingerprint density at radius 2 is 1.96 bits per heavy atom. The van der Waals surface area contributed by atoms with E-state index in [1.54, 1.807) is 11.0 Å². The lowest BCUT2D eigenvalue weighted by Gasteiger charge is -2.23. The molecule has 3 rings (SSSR count). The van der Waals surface area contributed by atoms with Gasteiger partial charge in [0.2, 0.25) is 5.91 Å². The summed E-state index contributed by atoms with van der Waals surface area (Å²) in [4.78, 5) is 26.5. The highest BCUT2D eigenvalue weighted by atomic mass is 16.5. The third-order valence-corrected chi connectivity index (χ3v) is 4.50. The number of carbonyl (C=O) groups is 2. The first-order chi connectivity index (χ1) is 12.0. The van der Waals surface area contributed by atoms with Crippen LogP contribution < -0.4 is 15.0 Å². The normalized spacial score (nSPS) is 16.7. The van der Waals surface area contributed by atoms with E-state index in [9.17, 15) is 9.59 Å². The Balaban J connectivity index is 1.78. The number of hydrogen-bond acceptors (Lipinski definition) is 3. The minimum absolute atomic E-state index is 0.0717. The highest BCUT2D eigenvalue weighted by Gasteiger charge is 2.28. The molecule has 0 saturated heterocycles. The number of para-hydroxylation sites is 2. The number of carbonyl (C=O) groups excluding carboxylic acids is 2. The molecule has 1 aliphatic rings. The Morgan fingerprint density at radius 1 is 1.20 bits per heavy atom. The van der Waals surface area contributed by atoms with Crippen LogP contribution in [0.1, 0.15) is 18.1 Å². The molecular weight excluding hydrogens is 316 g/mol. The summed E-state index contributed by atoms with van der Waals surface area (Å²) in [5, 5.41) is 2.87. The summed E-state index contributed by atoms with van der Waals surface area (Å²) in [5.41, 5.74) is 3.65. The first-order valence-corrected chi connectivity index (χ1v) is 8.36. The second-order valence-electron chi connectivity index (χ2n) is 6.45. The maximum atomic E-state index is 12.8. The van der Waals surface area contributed by atoms with E-state index in [0.717, 1.165) is 5.56 Å². The molecule has 0 spiro atoms. The molecule has 5 heteroatoms. The zero-order chi connectivity index (χ0) is 18.0. The molecule has 25 heavy (non-hydrogen) atoms. The van der Waals surface area contributed by atoms with Crippen LogP contribution in [0.4, 0.5) is 11.4 Å². The number of rotatable bonds is 3. The van der Waals surface area contributed by atoms with Gasteiger partial charge in [0.15, 0.2) is 6.61 Å². The number of nitrogens with zero attached hydrogens (tertiary/aromatic N) is 1. The first-order valence-electron chi connectivity index (χ1n) is 8.36. The van der Waals surface area contributed by atoms with E-state index >= 15 is 0 Å². The predicted octanol–water partition coefficient (Wildman–Crippen LogP) is 3.30. The fourth-order valence-electron chi connectivity index (χ4n) is 2.79. The molecule has 2 aromatic carbocycles. The summed E-state index contributed by atoms with van der Waals surface area (Å²) in [6.07, 6.45) is 0. The lowest BCUT2D eigenvalue weighted by Crippen LogP contribution is -2.38. The van der Waals surface area contributed by atoms with Gasteiger partial charge < -0.3 is 15.0 Å². The van der Waals surface area contributed by atoms with Gasteiger partial charge in [-0.25, -0.2) is 0 Å². The Kier molecular flexibility index (Phi) is 4.74. The van der Waals surface area contributed by atoms with E-state index in [-0.39, 0.29) is 24.3 Å². The quantitative estimate of drug-likeness (QED) is 0.934. The van der Waals surface area contributed by atoms with Gasteiger partial charge in [-0.15, -0.1) is 0 Å². The second-order valence-corrected chi connectivity index (χ2v) is 6.45. The summed E-state index contributed by atoms with van der Waals surface area (Å²) in [6.45, 7) is 6.11. The fraction of sp³-hybridized carbons (Fsp3) is 0.300. The van der Waals surface area contributed by atoms with Crippen molar-refractivity contribution in [1.82, 2.24) is 0 Å². The largest absolute Gasteiger partial charge is 0.484 e. The summed E-state index contributed by atoms with van der Waals surface area (Å²) < 4.78 is 5.68. The van der Waals surface area contributed by atoms with Crippen LogP contribution in [-0.2, 0) is 9.59 Å². The summed E-state index contributed by atoms with van der Waals surface area (Å²) in [7, 11) is 0. The molecule has 1 atom stereocenters. The van der Waals surface area contributed by atoms with E-state index < -0.39 is 0 Å². The Hall–Kier alpha value is -2.82. The van der Waals surface area contributed by atoms with Gasteiger partial charge in [-0.05, 0) is 49.2 Å². The standard InChI is InChI=1S/C20H22N2O3/c1-13-8-9-16(10-14(13)2)25-12-19(23)22-11-15(3)20(24)21-17-6-4-5-7-18(17)22/h4-10,15H,11-12H2,1-3H3,(H,21,24). The van der Waals surface area contributed by atoms with E-state index in [1.807, 2.05) is 57.2 Å². The van der Waals surface area contributed by atoms with Crippen LogP contribution in [0.5, 0.6) is 5.75 Å². The van der Waals surface area contributed by atoms with Crippen LogP contribution in [0.2, 0.25) is 0 Å². The van der Waals surface area contributed by atoms with Crippen molar-refractivity contribution < 1.29 is 14.3 Å². The molecule has 0 aromatic heterocycles. The third kappa shape index (κ3) is 3.65. The number of fused-ring (bicyclic) bond motifs is 1. The minimum Gasteiger partial charge on any atom is -0.484 e.